The summed E-state index contributed by atoms with van der Waals surface area (Å²) < 4.78 is 51.8. The highest BCUT2D eigenvalue weighted by molar-refractivity contribution is 7.89. The zero-order valence-electron chi connectivity index (χ0n) is 10.8. The monoisotopic (exact) mass is 307 g/mol. The van der Waals surface area contributed by atoms with Gasteiger partial charge in [0.1, 0.15) is 11.6 Å². The van der Waals surface area contributed by atoms with Gasteiger partial charge < -0.3 is 5.11 Å². The van der Waals surface area contributed by atoms with Crippen LogP contribution in [0.1, 0.15) is 31.4 Å². The van der Waals surface area contributed by atoms with Crippen LogP contribution in [-0.2, 0) is 14.8 Å². The minimum Gasteiger partial charge on any atom is -0.481 e. The van der Waals surface area contributed by atoms with Crippen LogP contribution in [0.25, 0.3) is 0 Å². The Balaban J connectivity index is 2.69. The van der Waals surface area contributed by atoms with Crippen molar-refractivity contribution in [3.05, 3.63) is 35.4 Å². The van der Waals surface area contributed by atoms with Gasteiger partial charge in [0, 0.05) is 24.1 Å². The van der Waals surface area contributed by atoms with Gasteiger partial charge in [-0.1, -0.05) is 6.07 Å². The molecule has 0 aliphatic rings. The van der Waals surface area contributed by atoms with E-state index in [1.54, 1.807) is 0 Å². The first-order valence-electron chi connectivity index (χ1n) is 5.88. The summed E-state index contributed by atoms with van der Waals surface area (Å²) in [6.07, 6.45) is -0.302. The maximum atomic E-state index is 13.5. The molecule has 0 saturated carbocycles. The van der Waals surface area contributed by atoms with Crippen LogP contribution in [0.4, 0.5) is 8.78 Å². The summed E-state index contributed by atoms with van der Waals surface area (Å²) in [5, 5.41) is 8.43. The fraction of sp³-hybridized carbons (Fsp3) is 0.417. The lowest BCUT2D eigenvalue weighted by molar-refractivity contribution is -0.137. The van der Waals surface area contributed by atoms with Crippen LogP contribution < -0.4 is 4.72 Å². The van der Waals surface area contributed by atoms with Gasteiger partial charge in [-0.3, -0.25) is 4.79 Å². The lowest BCUT2D eigenvalue weighted by atomic mass is 10.1. The average molecular weight is 307 g/mol. The molecule has 5 nitrogen and oxygen atoms in total. The first-order chi connectivity index (χ1) is 9.21. The summed E-state index contributed by atoms with van der Waals surface area (Å²) in [5.41, 5.74) is 0.0215. The molecule has 0 spiro atoms. The number of carbonyl (C=O) groups is 1. The molecular formula is C12H15F2NO4S. The average Bonchev–Trinajstić information content (AvgIpc) is 2.26. The van der Waals surface area contributed by atoms with Crippen LogP contribution in [-0.4, -0.2) is 25.2 Å². The number of hydrogen-bond acceptors (Lipinski definition) is 3. The fourth-order valence-corrected chi connectivity index (χ4v) is 2.97. The van der Waals surface area contributed by atoms with Crippen molar-refractivity contribution in [2.45, 2.75) is 25.8 Å². The zero-order valence-corrected chi connectivity index (χ0v) is 11.6. The Morgan fingerprint density at radius 2 is 2.05 bits per heavy atom. The third-order valence-corrected chi connectivity index (χ3v) is 4.13. The molecule has 0 aliphatic heterocycles. The van der Waals surface area contributed by atoms with Gasteiger partial charge in [-0.2, -0.15) is 0 Å². The van der Waals surface area contributed by atoms with Crippen molar-refractivity contribution >= 4 is 16.0 Å². The second-order valence-corrected chi connectivity index (χ2v) is 6.19. The van der Waals surface area contributed by atoms with Gasteiger partial charge in [0.2, 0.25) is 10.0 Å². The Bertz CT molecular complexity index is 589. The van der Waals surface area contributed by atoms with Gasteiger partial charge >= 0.3 is 5.97 Å². The summed E-state index contributed by atoms with van der Waals surface area (Å²) in [6.45, 7) is 1.42. The van der Waals surface area contributed by atoms with E-state index in [0.29, 0.717) is 6.07 Å². The van der Waals surface area contributed by atoms with Crippen molar-refractivity contribution < 1.29 is 27.1 Å². The van der Waals surface area contributed by atoms with E-state index in [-0.39, 0.29) is 24.2 Å². The molecule has 8 heteroatoms. The summed E-state index contributed by atoms with van der Waals surface area (Å²) in [4.78, 5) is 10.3. The normalized spacial score (nSPS) is 13.2. The van der Waals surface area contributed by atoms with Crippen LogP contribution in [0.5, 0.6) is 0 Å². The Hall–Kier alpha value is -1.54. The maximum Gasteiger partial charge on any atom is 0.303 e. The van der Waals surface area contributed by atoms with Crippen molar-refractivity contribution in [3.63, 3.8) is 0 Å². The van der Waals surface area contributed by atoms with E-state index < -0.39 is 33.7 Å². The van der Waals surface area contributed by atoms with E-state index in [9.17, 15) is 22.0 Å². The van der Waals surface area contributed by atoms with E-state index >= 15 is 0 Å². The van der Waals surface area contributed by atoms with Crippen LogP contribution in [0, 0.1) is 11.6 Å². The predicted octanol–water partition coefficient (Wildman–Crippen LogP) is 1.81. The summed E-state index contributed by atoms with van der Waals surface area (Å²) in [5.74, 6) is -3.04. The number of halogens is 2. The van der Waals surface area contributed by atoms with E-state index in [0.717, 1.165) is 12.1 Å². The molecule has 0 heterocycles. The van der Waals surface area contributed by atoms with Gasteiger partial charge in [0.05, 0.1) is 5.75 Å². The number of hydrogen-bond donors (Lipinski definition) is 2. The molecule has 0 aromatic heterocycles. The number of carboxylic acids is 1. The second kappa shape index (κ2) is 6.76. The Kier molecular flexibility index (Phi) is 5.58. The number of aliphatic carboxylic acids is 1. The Labute approximate surface area is 115 Å². The smallest absolute Gasteiger partial charge is 0.303 e. The molecule has 1 aromatic rings. The van der Waals surface area contributed by atoms with Crippen LogP contribution in [0.15, 0.2) is 18.2 Å². The second-order valence-electron chi connectivity index (χ2n) is 4.32. The first-order valence-corrected chi connectivity index (χ1v) is 7.53. The SMILES string of the molecule is CC(NS(=O)(=O)CCCC(=O)O)c1ccc(F)cc1F. The van der Waals surface area contributed by atoms with Crippen LogP contribution in [0.3, 0.4) is 0 Å². The lowest BCUT2D eigenvalue weighted by Gasteiger charge is -2.15. The van der Waals surface area contributed by atoms with Gasteiger partial charge in [-0.15, -0.1) is 0 Å². The largest absolute Gasteiger partial charge is 0.481 e. The lowest BCUT2D eigenvalue weighted by Crippen LogP contribution is -2.29. The zero-order chi connectivity index (χ0) is 15.3. The summed E-state index contributed by atoms with van der Waals surface area (Å²) in [6, 6.07) is 2.00. The molecule has 2 N–H and O–H groups in total. The van der Waals surface area contributed by atoms with Gasteiger partial charge in [0.25, 0.3) is 0 Å². The highest BCUT2D eigenvalue weighted by Crippen LogP contribution is 2.18. The van der Waals surface area contributed by atoms with Gasteiger partial charge in [0.15, 0.2) is 0 Å². The molecule has 0 radical (unpaired) electrons. The van der Waals surface area contributed by atoms with E-state index in [1.807, 2.05) is 0 Å². The van der Waals surface area contributed by atoms with Crippen molar-refractivity contribution in [3.8, 4) is 0 Å². The molecule has 1 rings (SSSR count). The molecule has 1 unspecified atom stereocenters. The Morgan fingerprint density at radius 1 is 1.40 bits per heavy atom. The van der Waals surface area contributed by atoms with E-state index in [2.05, 4.69) is 4.72 Å². The third-order valence-electron chi connectivity index (χ3n) is 2.59. The molecule has 112 valence electrons. The van der Waals surface area contributed by atoms with E-state index in [4.69, 9.17) is 5.11 Å². The molecular weight excluding hydrogens is 292 g/mol. The number of sulfonamides is 1. The first kappa shape index (κ1) is 16.5. The molecule has 0 saturated heterocycles. The van der Waals surface area contributed by atoms with Crippen LogP contribution >= 0.6 is 0 Å². The number of benzene rings is 1. The highest BCUT2D eigenvalue weighted by atomic mass is 32.2. The number of rotatable bonds is 7. The number of carboxylic acid groups (broad SMARTS) is 1. The van der Waals surface area contributed by atoms with Gasteiger partial charge in [-0.05, 0) is 19.4 Å². The molecule has 20 heavy (non-hydrogen) atoms. The standard InChI is InChI=1S/C12H15F2NO4S/c1-8(10-5-4-9(13)7-11(10)14)15-20(18,19)6-2-3-12(16)17/h4-5,7-8,15H,2-3,6H2,1H3,(H,16,17). The minimum absolute atomic E-state index is 0.0215. The molecule has 1 aromatic carbocycles. The minimum atomic E-state index is -3.73. The van der Waals surface area contributed by atoms with Crippen molar-refractivity contribution in [2.75, 3.05) is 5.75 Å². The fourth-order valence-electron chi connectivity index (χ4n) is 1.66. The molecule has 0 fully saturated rings. The molecule has 0 bridgehead atoms. The third kappa shape index (κ3) is 5.22. The number of nitrogens with one attached hydrogen (secondary N) is 1. The topological polar surface area (TPSA) is 83.5 Å². The highest BCUT2D eigenvalue weighted by Gasteiger charge is 2.18. The molecule has 1 atom stereocenters. The van der Waals surface area contributed by atoms with Crippen molar-refractivity contribution in [1.82, 2.24) is 4.72 Å². The molecule has 0 amide bonds. The summed E-state index contributed by atoms with van der Waals surface area (Å²) in [7, 11) is -3.73. The van der Waals surface area contributed by atoms with Crippen molar-refractivity contribution in [2.24, 2.45) is 0 Å². The maximum absolute atomic E-state index is 13.5. The Morgan fingerprint density at radius 3 is 2.60 bits per heavy atom. The summed E-state index contributed by atoms with van der Waals surface area (Å²) >= 11 is 0. The van der Waals surface area contributed by atoms with Gasteiger partial charge in [-0.25, -0.2) is 21.9 Å². The van der Waals surface area contributed by atoms with Crippen LogP contribution in [0.2, 0.25) is 0 Å². The van der Waals surface area contributed by atoms with E-state index in [1.165, 1.54) is 6.92 Å². The predicted molar refractivity (Wildman–Crippen MR) is 68.6 cm³/mol. The quantitative estimate of drug-likeness (QED) is 0.804. The van der Waals surface area contributed by atoms with Crippen molar-refractivity contribution in [1.29, 1.82) is 0 Å². The molecule has 0 aliphatic carbocycles.